The topological polar surface area (TPSA) is 83.4 Å². The molecule has 3 amide bonds. The van der Waals surface area contributed by atoms with Gasteiger partial charge in [-0.05, 0) is 43.0 Å². The van der Waals surface area contributed by atoms with Crippen molar-refractivity contribution in [1.82, 2.24) is 14.8 Å². The van der Waals surface area contributed by atoms with E-state index in [1.165, 1.54) is 4.57 Å². The van der Waals surface area contributed by atoms with Crippen LogP contribution >= 0.6 is 0 Å². The number of likely N-dealkylation sites (tertiary alicyclic amines) is 1. The van der Waals surface area contributed by atoms with Gasteiger partial charge in [-0.2, -0.15) is 0 Å². The lowest BCUT2D eigenvalue weighted by atomic mass is 9.96. The van der Waals surface area contributed by atoms with Crippen LogP contribution in [-0.2, 0) is 7.05 Å². The fourth-order valence-corrected chi connectivity index (χ4v) is 3.20. The lowest BCUT2D eigenvalue weighted by Gasteiger charge is -2.32. The number of pyridine rings is 1. The number of amides is 3. The minimum atomic E-state index is -0.274. The zero-order chi connectivity index (χ0) is 19.2. The normalized spacial score (nSPS) is 14.6. The highest BCUT2D eigenvalue weighted by Gasteiger charge is 2.25. The predicted molar refractivity (Wildman–Crippen MR) is 104 cm³/mol. The summed E-state index contributed by atoms with van der Waals surface area (Å²) >= 11 is 0. The second-order valence-electron chi connectivity index (χ2n) is 6.77. The van der Waals surface area contributed by atoms with Gasteiger partial charge in [0.1, 0.15) is 5.56 Å². The van der Waals surface area contributed by atoms with Crippen molar-refractivity contribution < 1.29 is 9.59 Å². The number of para-hydroxylation sites is 1. The Kier molecular flexibility index (Phi) is 5.90. The molecule has 0 atom stereocenters. The van der Waals surface area contributed by atoms with Crippen LogP contribution in [0.25, 0.3) is 0 Å². The molecule has 1 aromatic carbocycles. The number of carbonyl (C=O) groups excluding carboxylic acids is 2. The number of hydrogen-bond donors (Lipinski definition) is 2. The Bertz CT molecular complexity index is 855. The quantitative estimate of drug-likeness (QED) is 0.866. The van der Waals surface area contributed by atoms with E-state index in [1.54, 1.807) is 30.3 Å². The summed E-state index contributed by atoms with van der Waals surface area (Å²) in [5.74, 6) is 0.0959. The second kappa shape index (κ2) is 8.53. The number of carbonyl (C=O) groups is 2. The lowest BCUT2D eigenvalue weighted by molar-refractivity contribution is 0.0688. The molecule has 7 heteroatoms. The molecule has 2 aromatic rings. The minimum Gasteiger partial charge on any atom is -0.338 e. The zero-order valence-electron chi connectivity index (χ0n) is 15.4. The first-order chi connectivity index (χ1) is 13.0. The number of piperidine rings is 1. The SMILES string of the molecule is Cn1cccc(C(=O)N2CCC(CNC(=O)Nc3ccccc3)CC2)c1=O. The largest absolute Gasteiger partial charge is 0.338 e. The van der Waals surface area contributed by atoms with Crippen LogP contribution in [0.3, 0.4) is 0 Å². The zero-order valence-corrected chi connectivity index (χ0v) is 15.4. The van der Waals surface area contributed by atoms with Crippen molar-refractivity contribution >= 4 is 17.6 Å². The molecule has 0 unspecified atom stereocenters. The van der Waals surface area contributed by atoms with Crippen molar-refractivity contribution in [2.45, 2.75) is 12.8 Å². The molecule has 0 saturated carbocycles. The van der Waals surface area contributed by atoms with Crippen molar-refractivity contribution in [2.24, 2.45) is 13.0 Å². The van der Waals surface area contributed by atoms with E-state index in [-0.39, 0.29) is 23.1 Å². The fraction of sp³-hybridized carbons (Fsp3) is 0.350. The van der Waals surface area contributed by atoms with Crippen LogP contribution in [0.1, 0.15) is 23.2 Å². The average Bonchev–Trinajstić information content (AvgIpc) is 2.69. The van der Waals surface area contributed by atoms with Gasteiger partial charge in [0.2, 0.25) is 0 Å². The molecule has 1 fully saturated rings. The molecule has 0 radical (unpaired) electrons. The van der Waals surface area contributed by atoms with Crippen LogP contribution in [-0.4, -0.2) is 41.0 Å². The number of urea groups is 1. The van der Waals surface area contributed by atoms with Gasteiger partial charge in [-0.1, -0.05) is 18.2 Å². The first-order valence-electron chi connectivity index (χ1n) is 9.09. The molecule has 2 N–H and O–H groups in total. The van der Waals surface area contributed by atoms with E-state index >= 15 is 0 Å². The molecule has 27 heavy (non-hydrogen) atoms. The number of hydrogen-bond acceptors (Lipinski definition) is 3. The second-order valence-corrected chi connectivity index (χ2v) is 6.77. The van der Waals surface area contributed by atoms with E-state index in [1.807, 2.05) is 30.3 Å². The molecule has 1 aliphatic heterocycles. The predicted octanol–water partition coefficient (Wildman–Crippen LogP) is 2.06. The maximum atomic E-state index is 12.6. The van der Waals surface area contributed by atoms with E-state index < -0.39 is 0 Å². The monoisotopic (exact) mass is 368 g/mol. The molecule has 142 valence electrons. The van der Waals surface area contributed by atoms with Gasteiger partial charge in [-0.3, -0.25) is 9.59 Å². The van der Waals surface area contributed by atoms with Crippen molar-refractivity contribution in [1.29, 1.82) is 0 Å². The van der Waals surface area contributed by atoms with Crippen LogP contribution in [0, 0.1) is 5.92 Å². The van der Waals surface area contributed by atoms with Crippen LogP contribution < -0.4 is 16.2 Å². The van der Waals surface area contributed by atoms with Crippen molar-refractivity contribution in [3.8, 4) is 0 Å². The van der Waals surface area contributed by atoms with Gasteiger partial charge in [-0.25, -0.2) is 4.79 Å². The molecular formula is C20H24N4O3. The summed E-state index contributed by atoms with van der Waals surface area (Å²) in [5, 5.41) is 5.68. The molecule has 0 spiro atoms. The molecule has 7 nitrogen and oxygen atoms in total. The third-order valence-corrected chi connectivity index (χ3v) is 4.84. The van der Waals surface area contributed by atoms with E-state index in [0.29, 0.717) is 25.6 Å². The lowest BCUT2D eigenvalue weighted by Crippen LogP contribution is -2.43. The Labute approximate surface area is 158 Å². The van der Waals surface area contributed by atoms with Gasteiger partial charge >= 0.3 is 6.03 Å². The number of nitrogens with one attached hydrogen (secondary N) is 2. The maximum Gasteiger partial charge on any atom is 0.319 e. The van der Waals surface area contributed by atoms with Crippen LogP contribution in [0.5, 0.6) is 0 Å². The standard InChI is InChI=1S/C20H24N4O3/c1-23-11-5-8-17(18(23)25)19(26)24-12-9-15(10-13-24)14-21-20(27)22-16-6-3-2-4-7-16/h2-8,11,15H,9-10,12-14H2,1H3,(H2,21,22,27). The van der Waals surface area contributed by atoms with Crippen molar-refractivity contribution in [3.05, 3.63) is 64.6 Å². The third kappa shape index (κ3) is 4.75. The Morgan fingerprint density at radius 1 is 1.07 bits per heavy atom. The van der Waals surface area contributed by atoms with Crippen LogP contribution in [0.15, 0.2) is 53.5 Å². The summed E-state index contributed by atoms with van der Waals surface area (Å²) in [6.45, 7) is 1.74. The highest BCUT2D eigenvalue weighted by molar-refractivity contribution is 5.94. The molecule has 1 aromatic heterocycles. The van der Waals surface area contributed by atoms with E-state index in [9.17, 15) is 14.4 Å². The number of aryl methyl sites for hydroxylation is 1. The number of benzene rings is 1. The number of aromatic nitrogens is 1. The highest BCUT2D eigenvalue weighted by Crippen LogP contribution is 2.18. The van der Waals surface area contributed by atoms with Crippen molar-refractivity contribution in [3.63, 3.8) is 0 Å². The van der Waals surface area contributed by atoms with Gasteiger partial charge in [0.05, 0.1) is 0 Å². The van der Waals surface area contributed by atoms with Crippen LogP contribution in [0.4, 0.5) is 10.5 Å². The highest BCUT2D eigenvalue weighted by atomic mass is 16.2. The maximum absolute atomic E-state index is 12.6. The molecule has 0 aliphatic carbocycles. The smallest absolute Gasteiger partial charge is 0.319 e. The minimum absolute atomic E-state index is 0.207. The Morgan fingerprint density at radius 2 is 1.78 bits per heavy atom. The Hall–Kier alpha value is -3.09. The average molecular weight is 368 g/mol. The Balaban J connectivity index is 1.46. The van der Waals surface area contributed by atoms with Gasteiger partial charge in [0.15, 0.2) is 0 Å². The van der Waals surface area contributed by atoms with Gasteiger partial charge < -0.3 is 20.1 Å². The summed E-state index contributed by atoms with van der Waals surface area (Å²) in [4.78, 5) is 38.4. The molecular weight excluding hydrogens is 344 g/mol. The summed E-state index contributed by atoms with van der Waals surface area (Å²) in [6, 6.07) is 12.3. The van der Waals surface area contributed by atoms with Gasteiger partial charge in [0.25, 0.3) is 11.5 Å². The summed E-state index contributed by atoms with van der Waals surface area (Å²) < 4.78 is 1.41. The molecule has 1 aliphatic rings. The molecule has 1 saturated heterocycles. The first kappa shape index (κ1) is 18.7. The first-order valence-corrected chi connectivity index (χ1v) is 9.09. The summed E-state index contributed by atoms with van der Waals surface area (Å²) in [7, 11) is 1.64. The number of nitrogens with zero attached hydrogens (tertiary/aromatic N) is 2. The summed E-state index contributed by atoms with van der Waals surface area (Å²) in [6.07, 6.45) is 3.23. The van der Waals surface area contributed by atoms with Gasteiger partial charge in [-0.15, -0.1) is 0 Å². The number of anilines is 1. The van der Waals surface area contributed by atoms with E-state index in [0.717, 1.165) is 18.5 Å². The molecule has 0 bridgehead atoms. The molecule has 2 heterocycles. The number of rotatable bonds is 4. The van der Waals surface area contributed by atoms with Gasteiger partial charge in [0, 0.05) is 38.6 Å². The summed E-state index contributed by atoms with van der Waals surface area (Å²) in [5.41, 5.74) is 0.683. The van der Waals surface area contributed by atoms with Crippen LogP contribution in [0.2, 0.25) is 0 Å². The molecule has 3 rings (SSSR count). The fourth-order valence-electron chi connectivity index (χ4n) is 3.20. The van der Waals surface area contributed by atoms with E-state index in [2.05, 4.69) is 10.6 Å². The third-order valence-electron chi connectivity index (χ3n) is 4.84. The van der Waals surface area contributed by atoms with Crippen molar-refractivity contribution in [2.75, 3.05) is 25.0 Å². The Morgan fingerprint density at radius 3 is 2.48 bits per heavy atom. The van der Waals surface area contributed by atoms with E-state index in [4.69, 9.17) is 0 Å².